The van der Waals surface area contributed by atoms with Crippen LogP contribution in [0.2, 0.25) is 0 Å². The molecule has 0 atom stereocenters. The van der Waals surface area contributed by atoms with Gasteiger partial charge >= 0.3 is 0 Å². The minimum atomic E-state index is 0.400. The Balaban J connectivity index is 2.10. The van der Waals surface area contributed by atoms with E-state index in [9.17, 15) is 0 Å². The van der Waals surface area contributed by atoms with Gasteiger partial charge in [-0.1, -0.05) is 24.3 Å². The average molecular weight is 240 g/mol. The maximum atomic E-state index is 5.75. The number of anilines is 1. The second-order valence-electron chi connectivity index (χ2n) is 3.94. The van der Waals surface area contributed by atoms with E-state index < -0.39 is 0 Å². The zero-order valence-corrected chi connectivity index (χ0v) is 9.59. The van der Waals surface area contributed by atoms with Crippen LogP contribution in [0.1, 0.15) is 5.56 Å². The summed E-state index contributed by atoms with van der Waals surface area (Å²) in [5, 5.41) is 0. The second kappa shape index (κ2) is 4.08. The minimum absolute atomic E-state index is 0.400. The van der Waals surface area contributed by atoms with Gasteiger partial charge in [0.15, 0.2) is 11.5 Å². The summed E-state index contributed by atoms with van der Waals surface area (Å²) in [7, 11) is 0. The Morgan fingerprint density at radius 2 is 1.89 bits per heavy atom. The van der Waals surface area contributed by atoms with Crippen molar-refractivity contribution in [3.05, 3.63) is 36.2 Å². The molecule has 0 aliphatic heterocycles. The van der Waals surface area contributed by atoms with Crippen LogP contribution in [0.5, 0.6) is 0 Å². The SMILES string of the molecule is NCc1ccc(-c2nc3ncnc(N)c3[nH]2)cc1. The van der Waals surface area contributed by atoms with Crippen molar-refractivity contribution in [3.63, 3.8) is 0 Å². The summed E-state index contributed by atoms with van der Waals surface area (Å²) in [6.07, 6.45) is 1.40. The van der Waals surface area contributed by atoms with Gasteiger partial charge in [0.25, 0.3) is 0 Å². The largest absolute Gasteiger partial charge is 0.382 e. The van der Waals surface area contributed by atoms with Gasteiger partial charge in [-0.05, 0) is 5.56 Å². The third kappa shape index (κ3) is 1.68. The van der Waals surface area contributed by atoms with Gasteiger partial charge in [0.1, 0.15) is 17.7 Å². The van der Waals surface area contributed by atoms with Crippen LogP contribution < -0.4 is 11.5 Å². The molecule has 1 aromatic carbocycles. The number of nitrogens with one attached hydrogen (secondary N) is 1. The fraction of sp³-hybridized carbons (Fsp3) is 0.0833. The van der Waals surface area contributed by atoms with Crippen LogP contribution in [0.25, 0.3) is 22.6 Å². The van der Waals surface area contributed by atoms with Gasteiger partial charge < -0.3 is 16.5 Å². The van der Waals surface area contributed by atoms with Crippen molar-refractivity contribution in [1.29, 1.82) is 0 Å². The quantitative estimate of drug-likeness (QED) is 0.621. The number of H-pyrrole nitrogens is 1. The van der Waals surface area contributed by atoms with Crippen LogP contribution in [-0.2, 0) is 6.54 Å². The van der Waals surface area contributed by atoms with Gasteiger partial charge in [0, 0.05) is 12.1 Å². The number of nitrogen functional groups attached to an aromatic ring is 1. The lowest BCUT2D eigenvalue weighted by Crippen LogP contribution is -1.95. The fourth-order valence-electron chi connectivity index (χ4n) is 1.78. The highest BCUT2D eigenvalue weighted by Crippen LogP contribution is 2.21. The van der Waals surface area contributed by atoms with E-state index in [0.29, 0.717) is 23.5 Å². The van der Waals surface area contributed by atoms with Crippen LogP contribution in [0.3, 0.4) is 0 Å². The number of rotatable bonds is 2. The topological polar surface area (TPSA) is 106 Å². The maximum absolute atomic E-state index is 5.75. The third-order valence-corrected chi connectivity index (χ3v) is 2.78. The molecule has 3 rings (SSSR count). The number of aromatic amines is 1. The molecule has 0 bridgehead atoms. The van der Waals surface area contributed by atoms with Crippen molar-refractivity contribution < 1.29 is 0 Å². The molecule has 0 saturated carbocycles. The molecule has 2 heterocycles. The monoisotopic (exact) mass is 240 g/mol. The molecule has 3 aromatic rings. The van der Waals surface area contributed by atoms with Crippen LogP contribution in [0, 0.1) is 0 Å². The second-order valence-corrected chi connectivity index (χ2v) is 3.94. The van der Waals surface area contributed by atoms with Crippen molar-refractivity contribution >= 4 is 17.0 Å². The highest BCUT2D eigenvalue weighted by Gasteiger charge is 2.08. The molecular weight excluding hydrogens is 228 g/mol. The third-order valence-electron chi connectivity index (χ3n) is 2.78. The molecule has 0 spiro atoms. The maximum Gasteiger partial charge on any atom is 0.183 e. The molecule has 0 saturated heterocycles. The molecule has 5 N–H and O–H groups in total. The lowest BCUT2D eigenvalue weighted by atomic mass is 10.1. The zero-order valence-electron chi connectivity index (χ0n) is 9.59. The van der Waals surface area contributed by atoms with E-state index in [1.54, 1.807) is 0 Å². The molecule has 6 nitrogen and oxygen atoms in total. The summed E-state index contributed by atoms with van der Waals surface area (Å²) in [5.74, 6) is 1.12. The first-order valence-corrected chi connectivity index (χ1v) is 5.53. The minimum Gasteiger partial charge on any atom is -0.382 e. The molecule has 90 valence electrons. The average Bonchev–Trinajstić information content (AvgIpc) is 2.84. The van der Waals surface area contributed by atoms with E-state index in [-0.39, 0.29) is 0 Å². The molecule has 0 radical (unpaired) electrons. The van der Waals surface area contributed by atoms with Crippen molar-refractivity contribution in [2.75, 3.05) is 5.73 Å². The molecule has 0 aliphatic carbocycles. The molecular formula is C12H12N6. The molecule has 18 heavy (non-hydrogen) atoms. The number of nitrogens with zero attached hydrogens (tertiary/aromatic N) is 3. The molecule has 0 aliphatic rings. The van der Waals surface area contributed by atoms with E-state index in [2.05, 4.69) is 19.9 Å². The Hall–Kier alpha value is -2.47. The molecule has 0 fully saturated rings. The van der Waals surface area contributed by atoms with Gasteiger partial charge in [0.2, 0.25) is 0 Å². The standard InChI is InChI=1S/C12H12N6/c13-5-7-1-3-8(4-2-7)11-17-9-10(14)15-6-16-12(9)18-11/h1-4,6H,5,13H2,(H3,14,15,16,17,18). The predicted molar refractivity (Wildman–Crippen MR) is 69.4 cm³/mol. The van der Waals surface area contributed by atoms with E-state index in [4.69, 9.17) is 11.5 Å². The summed E-state index contributed by atoms with van der Waals surface area (Å²) < 4.78 is 0. The van der Waals surface area contributed by atoms with E-state index in [1.165, 1.54) is 6.33 Å². The van der Waals surface area contributed by atoms with Crippen molar-refractivity contribution in [1.82, 2.24) is 19.9 Å². The molecule has 2 aromatic heterocycles. The number of fused-ring (bicyclic) bond motifs is 1. The number of benzene rings is 1. The van der Waals surface area contributed by atoms with Crippen LogP contribution in [-0.4, -0.2) is 19.9 Å². The lowest BCUT2D eigenvalue weighted by molar-refractivity contribution is 1.07. The summed E-state index contributed by atoms with van der Waals surface area (Å²) in [6, 6.07) is 7.86. The van der Waals surface area contributed by atoms with Gasteiger partial charge in [-0.2, -0.15) is 0 Å². The first kappa shape index (κ1) is 10.7. The smallest absolute Gasteiger partial charge is 0.183 e. The predicted octanol–water partition coefficient (Wildman–Crippen LogP) is 1.06. The Kier molecular flexibility index (Phi) is 2.42. The van der Waals surface area contributed by atoms with Crippen molar-refractivity contribution in [2.45, 2.75) is 6.54 Å². The molecule has 0 amide bonds. The van der Waals surface area contributed by atoms with Crippen LogP contribution in [0.4, 0.5) is 5.82 Å². The number of imidazole rings is 1. The zero-order chi connectivity index (χ0) is 12.5. The molecule has 6 heteroatoms. The van der Waals surface area contributed by atoms with Gasteiger partial charge in [-0.15, -0.1) is 0 Å². The number of nitrogens with two attached hydrogens (primary N) is 2. The van der Waals surface area contributed by atoms with E-state index in [0.717, 1.165) is 17.0 Å². The first-order chi connectivity index (χ1) is 8.78. The summed E-state index contributed by atoms with van der Waals surface area (Å²) >= 11 is 0. The number of hydrogen-bond acceptors (Lipinski definition) is 5. The van der Waals surface area contributed by atoms with E-state index in [1.807, 2.05) is 24.3 Å². The summed E-state index contributed by atoms with van der Waals surface area (Å²) in [5.41, 5.74) is 14.6. The highest BCUT2D eigenvalue weighted by molar-refractivity contribution is 5.84. The lowest BCUT2D eigenvalue weighted by Gasteiger charge is -1.98. The Labute approximate surface area is 103 Å². The number of hydrogen-bond donors (Lipinski definition) is 3. The first-order valence-electron chi connectivity index (χ1n) is 5.53. The van der Waals surface area contributed by atoms with Crippen LogP contribution in [0.15, 0.2) is 30.6 Å². The van der Waals surface area contributed by atoms with Gasteiger partial charge in [-0.25, -0.2) is 15.0 Å². The highest BCUT2D eigenvalue weighted by atomic mass is 15.0. The van der Waals surface area contributed by atoms with Crippen LogP contribution >= 0.6 is 0 Å². The summed E-state index contributed by atoms with van der Waals surface area (Å²) in [6.45, 7) is 0.527. The van der Waals surface area contributed by atoms with Gasteiger partial charge in [-0.3, -0.25) is 0 Å². The van der Waals surface area contributed by atoms with Crippen molar-refractivity contribution in [3.8, 4) is 11.4 Å². The Bertz CT molecular complexity index is 685. The fourth-order valence-corrected chi connectivity index (χ4v) is 1.78. The molecule has 0 unspecified atom stereocenters. The Morgan fingerprint density at radius 1 is 1.11 bits per heavy atom. The summed E-state index contributed by atoms with van der Waals surface area (Å²) in [4.78, 5) is 15.5. The Morgan fingerprint density at radius 3 is 2.56 bits per heavy atom. The number of aromatic nitrogens is 4. The van der Waals surface area contributed by atoms with Crippen molar-refractivity contribution in [2.24, 2.45) is 5.73 Å². The normalized spacial score (nSPS) is 10.9. The van der Waals surface area contributed by atoms with Gasteiger partial charge in [0.05, 0.1) is 0 Å². The van der Waals surface area contributed by atoms with E-state index >= 15 is 0 Å².